The van der Waals surface area contributed by atoms with Crippen LogP contribution in [-0.2, 0) is 44.1 Å². The van der Waals surface area contributed by atoms with Crippen molar-refractivity contribution in [2.75, 3.05) is 0 Å². The van der Waals surface area contributed by atoms with E-state index in [0.717, 1.165) is 5.56 Å². The van der Waals surface area contributed by atoms with E-state index in [1.807, 2.05) is 71.9 Å². The van der Waals surface area contributed by atoms with Crippen LogP contribution < -0.4 is 0 Å². The van der Waals surface area contributed by atoms with E-state index in [9.17, 15) is 0 Å². The second-order valence-electron chi connectivity index (χ2n) is 1.83. The summed E-state index contributed by atoms with van der Waals surface area (Å²) in [5.74, 6) is 0. The van der Waals surface area contributed by atoms with E-state index in [1.165, 1.54) is 0 Å². The zero-order chi connectivity index (χ0) is 12.5. The SMILES string of the molecule is CC.CC.CC.[CH2-]OCc1ccccc1.[CH3-].[Y]. The van der Waals surface area contributed by atoms with Crippen molar-refractivity contribution < 1.29 is 37.4 Å². The molecule has 0 unspecified atom stereocenters. The Kier molecular flexibility index (Phi) is 64.3. The maximum Gasteiger partial charge on any atom is 0.0373 e. The standard InChI is InChI=1S/C8H9O.3C2H6.CH3.Y/c1-9-7-8-5-3-2-4-6-8;3*1-2;;/h2-6H,1,7H2;3*1-2H3;1H3;/q-1;;;;-1;. The van der Waals surface area contributed by atoms with Gasteiger partial charge in [0.05, 0.1) is 0 Å². The Hall–Kier alpha value is 0.284. The van der Waals surface area contributed by atoms with Gasteiger partial charge in [-0.2, -0.15) is 0 Å². The predicted octanol–water partition coefficient (Wildman–Crippen LogP) is 5.52. The van der Waals surface area contributed by atoms with Crippen LogP contribution in [0.4, 0.5) is 0 Å². The molecule has 0 aliphatic carbocycles. The number of ether oxygens (including phenoxy) is 1. The van der Waals surface area contributed by atoms with Crippen molar-refractivity contribution >= 4 is 0 Å². The van der Waals surface area contributed by atoms with Crippen molar-refractivity contribution in [1.29, 1.82) is 0 Å². The van der Waals surface area contributed by atoms with Gasteiger partial charge in [-0.25, -0.2) is 7.11 Å². The van der Waals surface area contributed by atoms with Crippen molar-refractivity contribution in [3.8, 4) is 0 Å². The fourth-order valence-corrected chi connectivity index (χ4v) is 0.692. The van der Waals surface area contributed by atoms with Gasteiger partial charge in [-0.05, 0) is 5.56 Å². The third kappa shape index (κ3) is 26.1. The van der Waals surface area contributed by atoms with Crippen molar-refractivity contribution in [1.82, 2.24) is 0 Å². The molecular formula is C15H30OY-2. The van der Waals surface area contributed by atoms with Crippen LogP contribution in [0.15, 0.2) is 30.3 Å². The summed E-state index contributed by atoms with van der Waals surface area (Å²) in [5, 5.41) is 0. The van der Waals surface area contributed by atoms with Crippen LogP contribution in [-0.4, -0.2) is 0 Å². The van der Waals surface area contributed by atoms with Gasteiger partial charge in [0.1, 0.15) is 0 Å². The van der Waals surface area contributed by atoms with Crippen molar-refractivity contribution in [2.45, 2.75) is 48.1 Å². The molecule has 0 atom stereocenters. The van der Waals surface area contributed by atoms with Gasteiger partial charge >= 0.3 is 0 Å². The fraction of sp³-hybridized carbons (Fsp3) is 0.467. The Labute approximate surface area is 135 Å². The van der Waals surface area contributed by atoms with Gasteiger partial charge in [-0.15, -0.1) is 0 Å². The second-order valence-corrected chi connectivity index (χ2v) is 1.83. The van der Waals surface area contributed by atoms with Crippen LogP contribution in [0.3, 0.4) is 0 Å². The smallest absolute Gasteiger partial charge is 0.0373 e. The quantitative estimate of drug-likeness (QED) is 0.653. The van der Waals surface area contributed by atoms with Gasteiger partial charge in [-0.1, -0.05) is 71.9 Å². The Morgan fingerprint density at radius 3 is 1.53 bits per heavy atom. The van der Waals surface area contributed by atoms with E-state index in [4.69, 9.17) is 0 Å². The zero-order valence-corrected chi connectivity index (χ0v) is 15.6. The topological polar surface area (TPSA) is 9.23 Å². The van der Waals surface area contributed by atoms with E-state index in [1.54, 1.807) is 0 Å². The molecule has 2 heteroatoms. The largest absolute Gasteiger partial charge is 0.552 e. The molecule has 101 valence electrons. The van der Waals surface area contributed by atoms with E-state index in [2.05, 4.69) is 11.8 Å². The van der Waals surface area contributed by atoms with Crippen LogP contribution in [0, 0.1) is 14.5 Å². The Morgan fingerprint density at radius 2 is 1.24 bits per heavy atom. The summed E-state index contributed by atoms with van der Waals surface area (Å²) in [6.45, 7) is 12.6. The van der Waals surface area contributed by atoms with E-state index in [-0.39, 0.29) is 40.1 Å². The molecule has 0 fully saturated rings. The summed E-state index contributed by atoms with van der Waals surface area (Å²) in [5.41, 5.74) is 1.16. The summed E-state index contributed by atoms with van der Waals surface area (Å²) >= 11 is 0. The number of rotatable bonds is 2. The molecule has 0 heterocycles. The molecule has 0 aliphatic rings. The first-order valence-electron chi connectivity index (χ1n) is 5.84. The van der Waals surface area contributed by atoms with Crippen LogP contribution in [0.25, 0.3) is 0 Å². The average Bonchev–Trinajstić information content (AvgIpc) is 2.38. The summed E-state index contributed by atoms with van der Waals surface area (Å²) in [4.78, 5) is 0. The van der Waals surface area contributed by atoms with Crippen LogP contribution >= 0.6 is 0 Å². The Morgan fingerprint density at radius 1 is 0.882 bits per heavy atom. The van der Waals surface area contributed by atoms with Gasteiger partial charge < -0.3 is 12.2 Å². The first kappa shape index (κ1) is 30.4. The van der Waals surface area contributed by atoms with Crippen molar-refractivity contribution in [3.63, 3.8) is 0 Å². The molecule has 0 N–H and O–H groups in total. The maximum absolute atomic E-state index is 4.68. The minimum absolute atomic E-state index is 0. The third-order valence-electron chi connectivity index (χ3n) is 1.11. The molecule has 1 radical (unpaired) electrons. The summed E-state index contributed by atoms with van der Waals surface area (Å²) in [6.07, 6.45) is 0. The number of benzene rings is 1. The monoisotopic (exact) mass is 315 g/mol. The van der Waals surface area contributed by atoms with Crippen molar-refractivity contribution in [2.24, 2.45) is 0 Å². The molecule has 1 aromatic rings. The molecule has 0 spiro atoms. The predicted molar refractivity (Wildman–Crippen MR) is 77.0 cm³/mol. The van der Waals surface area contributed by atoms with Crippen molar-refractivity contribution in [3.05, 3.63) is 50.4 Å². The molecule has 0 aliphatic heterocycles. The summed E-state index contributed by atoms with van der Waals surface area (Å²) < 4.78 is 4.68. The summed E-state index contributed by atoms with van der Waals surface area (Å²) in [7, 11) is 3.28. The molecule has 1 rings (SSSR count). The molecule has 0 aromatic heterocycles. The van der Waals surface area contributed by atoms with Crippen LogP contribution in [0.2, 0.25) is 0 Å². The Balaban J connectivity index is -0.0000000530. The zero-order valence-electron chi connectivity index (χ0n) is 12.8. The van der Waals surface area contributed by atoms with Crippen LogP contribution in [0.1, 0.15) is 47.1 Å². The third-order valence-corrected chi connectivity index (χ3v) is 1.11. The molecule has 0 saturated heterocycles. The van der Waals surface area contributed by atoms with Gasteiger partial charge in [0, 0.05) is 39.3 Å². The van der Waals surface area contributed by atoms with Gasteiger partial charge in [-0.3, -0.25) is 0 Å². The normalized spacial score (nSPS) is 6.06. The van der Waals surface area contributed by atoms with Gasteiger partial charge in [0.25, 0.3) is 0 Å². The molecule has 17 heavy (non-hydrogen) atoms. The molecule has 0 bridgehead atoms. The molecular weight excluding hydrogens is 285 g/mol. The maximum atomic E-state index is 4.68. The minimum atomic E-state index is 0. The van der Waals surface area contributed by atoms with Crippen LogP contribution in [0.5, 0.6) is 0 Å². The van der Waals surface area contributed by atoms with Gasteiger partial charge in [0.2, 0.25) is 0 Å². The number of hydrogen-bond acceptors (Lipinski definition) is 1. The minimum Gasteiger partial charge on any atom is -0.552 e. The molecule has 0 amide bonds. The molecule has 1 nitrogen and oxygen atoms in total. The first-order chi connectivity index (χ1) is 7.43. The summed E-state index contributed by atoms with van der Waals surface area (Å²) in [6, 6.07) is 9.95. The van der Waals surface area contributed by atoms with E-state index >= 15 is 0 Å². The van der Waals surface area contributed by atoms with Gasteiger partial charge in [0.15, 0.2) is 0 Å². The second kappa shape index (κ2) is 36.0. The Bertz CT molecular complexity index is 164. The number of hydrogen-bond donors (Lipinski definition) is 0. The van der Waals surface area contributed by atoms with E-state index < -0.39 is 0 Å². The fourth-order valence-electron chi connectivity index (χ4n) is 0.692. The first-order valence-corrected chi connectivity index (χ1v) is 5.84. The molecule has 0 saturated carbocycles. The van der Waals surface area contributed by atoms with E-state index in [0.29, 0.717) is 6.61 Å². The average molecular weight is 315 g/mol. The molecule has 1 aromatic carbocycles.